The van der Waals surface area contributed by atoms with Crippen molar-refractivity contribution < 1.29 is 14.7 Å². The molecule has 0 rings (SSSR count). The summed E-state index contributed by atoms with van der Waals surface area (Å²) in [7, 11) is 1.72. The molecule has 2 N–H and O–H groups in total. The Labute approximate surface area is 103 Å². The Balaban J connectivity index is 4.09. The molecule has 0 aromatic carbocycles. The summed E-state index contributed by atoms with van der Waals surface area (Å²) in [5.74, 6) is -0.913. The van der Waals surface area contributed by atoms with E-state index in [1.54, 1.807) is 25.8 Å². The zero-order valence-electron chi connectivity index (χ0n) is 11.2. The van der Waals surface area contributed by atoms with Crippen molar-refractivity contribution in [3.8, 4) is 0 Å². The second-order valence-corrected chi connectivity index (χ2v) is 5.01. The Morgan fingerprint density at radius 3 is 2.35 bits per heavy atom. The van der Waals surface area contributed by atoms with Gasteiger partial charge in [-0.2, -0.15) is 0 Å². The van der Waals surface area contributed by atoms with E-state index < -0.39 is 11.5 Å². The maximum atomic E-state index is 11.8. The number of hydrogen-bond donors (Lipinski definition) is 2. The number of urea groups is 1. The van der Waals surface area contributed by atoms with Crippen LogP contribution in [0, 0.1) is 0 Å². The van der Waals surface area contributed by atoms with Gasteiger partial charge in [0.05, 0.1) is 6.42 Å². The fourth-order valence-electron chi connectivity index (χ4n) is 1.51. The van der Waals surface area contributed by atoms with Crippen molar-refractivity contribution in [3.05, 3.63) is 0 Å². The molecule has 0 unspecified atom stereocenters. The fraction of sp³-hybridized carbons (Fsp3) is 0.833. The van der Waals surface area contributed by atoms with Gasteiger partial charge in [-0.25, -0.2) is 4.79 Å². The first-order chi connectivity index (χ1) is 7.78. The van der Waals surface area contributed by atoms with Crippen molar-refractivity contribution >= 4 is 12.0 Å². The normalized spacial score (nSPS) is 11.1. The predicted octanol–water partition coefficient (Wildman–Crippen LogP) is 2.07. The minimum atomic E-state index is -0.913. The van der Waals surface area contributed by atoms with E-state index in [0.717, 1.165) is 19.3 Å². The number of carbonyl (C=O) groups is 2. The van der Waals surface area contributed by atoms with E-state index in [1.807, 2.05) is 0 Å². The lowest BCUT2D eigenvalue weighted by atomic mass is 10.0. The van der Waals surface area contributed by atoms with Crippen molar-refractivity contribution in [1.29, 1.82) is 0 Å². The van der Waals surface area contributed by atoms with E-state index in [1.165, 1.54) is 0 Å². The van der Waals surface area contributed by atoms with Crippen LogP contribution < -0.4 is 5.32 Å². The van der Waals surface area contributed by atoms with Crippen molar-refractivity contribution in [3.63, 3.8) is 0 Å². The minimum Gasteiger partial charge on any atom is -0.481 e. The van der Waals surface area contributed by atoms with Crippen LogP contribution in [0.2, 0.25) is 0 Å². The SMILES string of the molecule is CCCCCN(C)C(=O)NC(C)(C)CC(=O)O. The van der Waals surface area contributed by atoms with Gasteiger partial charge in [0.25, 0.3) is 0 Å². The smallest absolute Gasteiger partial charge is 0.317 e. The molecule has 0 fully saturated rings. The average molecular weight is 244 g/mol. The number of carbonyl (C=O) groups excluding carboxylic acids is 1. The van der Waals surface area contributed by atoms with Crippen LogP contribution in [-0.4, -0.2) is 41.1 Å². The molecule has 0 saturated heterocycles. The lowest BCUT2D eigenvalue weighted by Gasteiger charge is -2.28. The molecule has 0 heterocycles. The number of rotatable bonds is 7. The van der Waals surface area contributed by atoms with E-state index in [9.17, 15) is 9.59 Å². The highest BCUT2D eigenvalue weighted by Gasteiger charge is 2.25. The van der Waals surface area contributed by atoms with Crippen LogP contribution in [0.4, 0.5) is 4.79 Å². The first kappa shape index (κ1) is 15.7. The Morgan fingerprint density at radius 1 is 1.29 bits per heavy atom. The molecule has 0 bridgehead atoms. The second kappa shape index (κ2) is 7.14. The van der Waals surface area contributed by atoms with E-state index in [4.69, 9.17) is 5.11 Å². The standard InChI is InChI=1S/C12H24N2O3/c1-5-6-7-8-14(4)11(17)13-12(2,3)9-10(15)16/h5-9H2,1-4H3,(H,13,17)(H,15,16). The molecule has 2 amide bonds. The fourth-order valence-corrected chi connectivity index (χ4v) is 1.51. The number of aliphatic carboxylic acids is 1. The Hall–Kier alpha value is -1.26. The zero-order chi connectivity index (χ0) is 13.5. The van der Waals surface area contributed by atoms with Gasteiger partial charge in [-0.3, -0.25) is 4.79 Å². The molecule has 0 spiro atoms. The number of nitrogens with one attached hydrogen (secondary N) is 1. The summed E-state index contributed by atoms with van der Waals surface area (Å²) in [5, 5.41) is 11.4. The lowest BCUT2D eigenvalue weighted by Crippen LogP contribution is -2.50. The number of nitrogens with zero attached hydrogens (tertiary/aromatic N) is 1. The Kier molecular flexibility index (Phi) is 6.61. The molecule has 0 aromatic rings. The van der Waals surface area contributed by atoms with Crippen LogP contribution in [0.3, 0.4) is 0 Å². The predicted molar refractivity (Wildman–Crippen MR) is 67.0 cm³/mol. The quantitative estimate of drug-likeness (QED) is 0.673. The molecular weight excluding hydrogens is 220 g/mol. The van der Waals surface area contributed by atoms with Gasteiger partial charge in [0.2, 0.25) is 0 Å². The van der Waals surface area contributed by atoms with Gasteiger partial charge in [0, 0.05) is 19.1 Å². The molecule has 0 aromatic heterocycles. The summed E-state index contributed by atoms with van der Waals surface area (Å²) in [6, 6.07) is -0.215. The molecule has 0 atom stereocenters. The molecule has 0 aliphatic rings. The van der Waals surface area contributed by atoms with E-state index >= 15 is 0 Å². The van der Waals surface area contributed by atoms with Gasteiger partial charge in [-0.1, -0.05) is 19.8 Å². The number of unbranched alkanes of at least 4 members (excludes halogenated alkanes) is 2. The summed E-state index contributed by atoms with van der Waals surface area (Å²) in [6.45, 7) is 6.22. The number of carboxylic acid groups (broad SMARTS) is 1. The van der Waals surface area contributed by atoms with E-state index in [0.29, 0.717) is 6.54 Å². The minimum absolute atomic E-state index is 0.0818. The summed E-state index contributed by atoms with van der Waals surface area (Å²) >= 11 is 0. The average Bonchev–Trinajstić information content (AvgIpc) is 2.14. The summed E-state index contributed by atoms with van der Waals surface area (Å²) in [4.78, 5) is 24.0. The summed E-state index contributed by atoms with van der Waals surface area (Å²) in [6.07, 6.45) is 3.09. The highest BCUT2D eigenvalue weighted by Crippen LogP contribution is 2.09. The Bertz CT molecular complexity index is 264. The topological polar surface area (TPSA) is 69.6 Å². The van der Waals surface area contributed by atoms with Crippen LogP contribution in [0.15, 0.2) is 0 Å². The zero-order valence-corrected chi connectivity index (χ0v) is 11.2. The summed E-state index contributed by atoms with van der Waals surface area (Å²) in [5.41, 5.74) is -0.720. The molecule has 5 nitrogen and oxygen atoms in total. The molecule has 0 aliphatic heterocycles. The van der Waals surface area contributed by atoms with Gasteiger partial charge < -0.3 is 15.3 Å². The maximum Gasteiger partial charge on any atom is 0.317 e. The van der Waals surface area contributed by atoms with Gasteiger partial charge in [-0.05, 0) is 20.3 Å². The van der Waals surface area contributed by atoms with Crippen LogP contribution in [0.25, 0.3) is 0 Å². The van der Waals surface area contributed by atoms with E-state index in [-0.39, 0.29) is 12.5 Å². The lowest BCUT2D eigenvalue weighted by molar-refractivity contribution is -0.138. The largest absolute Gasteiger partial charge is 0.481 e. The summed E-state index contributed by atoms with van der Waals surface area (Å²) < 4.78 is 0. The van der Waals surface area contributed by atoms with Gasteiger partial charge in [0.15, 0.2) is 0 Å². The number of amides is 2. The maximum absolute atomic E-state index is 11.8. The third kappa shape index (κ3) is 7.60. The molecule has 0 aliphatic carbocycles. The van der Waals surface area contributed by atoms with Crippen molar-refractivity contribution in [2.75, 3.05) is 13.6 Å². The van der Waals surface area contributed by atoms with Gasteiger partial charge in [0.1, 0.15) is 0 Å². The second-order valence-electron chi connectivity index (χ2n) is 5.01. The van der Waals surface area contributed by atoms with Crippen LogP contribution in [0.5, 0.6) is 0 Å². The van der Waals surface area contributed by atoms with Crippen molar-refractivity contribution in [1.82, 2.24) is 10.2 Å². The molecule has 0 saturated carbocycles. The van der Waals surface area contributed by atoms with Crippen molar-refractivity contribution in [2.45, 2.75) is 52.0 Å². The first-order valence-electron chi connectivity index (χ1n) is 6.03. The number of carboxylic acids is 1. The first-order valence-corrected chi connectivity index (χ1v) is 6.03. The van der Waals surface area contributed by atoms with Crippen molar-refractivity contribution in [2.24, 2.45) is 0 Å². The molecule has 100 valence electrons. The van der Waals surface area contributed by atoms with Gasteiger partial charge in [-0.15, -0.1) is 0 Å². The number of hydrogen-bond acceptors (Lipinski definition) is 2. The highest BCUT2D eigenvalue weighted by atomic mass is 16.4. The molecular formula is C12H24N2O3. The van der Waals surface area contributed by atoms with Gasteiger partial charge >= 0.3 is 12.0 Å². The third-order valence-electron chi connectivity index (χ3n) is 2.48. The molecule has 5 heteroatoms. The van der Waals surface area contributed by atoms with Crippen LogP contribution >= 0.6 is 0 Å². The Morgan fingerprint density at radius 2 is 1.88 bits per heavy atom. The monoisotopic (exact) mass is 244 g/mol. The third-order valence-corrected chi connectivity index (χ3v) is 2.48. The highest BCUT2D eigenvalue weighted by molar-refractivity contribution is 5.76. The van der Waals surface area contributed by atoms with E-state index in [2.05, 4.69) is 12.2 Å². The van der Waals surface area contributed by atoms with Crippen LogP contribution in [0.1, 0.15) is 46.5 Å². The molecule has 0 radical (unpaired) electrons. The van der Waals surface area contributed by atoms with Crippen LogP contribution in [-0.2, 0) is 4.79 Å². The molecule has 17 heavy (non-hydrogen) atoms.